The number of aromatic nitrogens is 4. The number of thioether (sulfide) groups is 1. The molecular weight excluding hydrogens is 521 g/mol. The van der Waals surface area contributed by atoms with Crippen molar-refractivity contribution >= 4 is 35.4 Å². The van der Waals surface area contributed by atoms with Crippen LogP contribution in [0.25, 0.3) is 11.5 Å². The molecule has 0 atom stereocenters. The smallest absolute Gasteiger partial charge is 0.416 e. The summed E-state index contributed by atoms with van der Waals surface area (Å²) < 4.78 is 49.3. The van der Waals surface area contributed by atoms with Crippen LogP contribution in [0.5, 0.6) is 0 Å². The lowest BCUT2D eigenvalue weighted by atomic mass is 10.2. The fourth-order valence-electron chi connectivity index (χ4n) is 3.11. The first-order valence-corrected chi connectivity index (χ1v) is 12.3. The Morgan fingerprint density at radius 2 is 1.79 bits per heavy atom. The molecule has 0 aliphatic rings. The first kappa shape index (κ1) is 26.9. The van der Waals surface area contributed by atoms with Gasteiger partial charge in [0, 0.05) is 23.8 Å². The van der Waals surface area contributed by atoms with E-state index in [-0.39, 0.29) is 11.9 Å². The molecular formula is C25H23F3N6O3S. The molecule has 0 aliphatic heterocycles. The SMILES string of the molecule is CC(C)(C)OC(=O)Nc1cc(CSc2ncccc2-c2nnc(Nc3ccc(C(F)(F)F)cc3)o2)ccn1. The van der Waals surface area contributed by atoms with E-state index in [0.717, 1.165) is 17.7 Å². The van der Waals surface area contributed by atoms with E-state index >= 15 is 0 Å². The third kappa shape index (κ3) is 7.44. The van der Waals surface area contributed by atoms with Crippen molar-refractivity contribution in [3.63, 3.8) is 0 Å². The van der Waals surface area contributed by atoms with Gasteiger partial charge in [-0.3, -0.25) is 5.32 Å². The summed E-state index contributed by atoms with van der Waals surface area (Å²) in [6.45, 7) is 5.32. The number of ether oxygens (including phenoxy) is 1. The number of halogens is 3. The minimum absolute atomic E-state index is 0.0200. The van der Waals surface area contributed by atoms with Gasteiger partial charge in [0.1, 0.15) is 16.4 Å². The fraction of sp³-hybridized carbons (Fsp3) is 0.240. The number of carbonyl (C=O) groups excluding carboxylic acids is 1. The molecule has 4 aromatic rings. The molecule has 0 spiro atoms. The molecule has 13 heteroatoms. The second-order valence-electron chi connectivity index (χ2n) is 8.93. The Labute approximate surface area is 220 Å². The van der Waals surface area contributed by atoms with Crippen LogP contribution in [0.2, 0.25) is 0 Å². The van der Waals surface area contributed by atoms with Crippen molar-refractivity contribution in [3.05, 3.63) is 72.1 Å². The highest BCUT2D eigenvalue weighted by Gasteiger charge is 2.30. The normalized spacial score (nSPS) is 11.7. The van der Waals surface area contributed by atoms with Crippen LogP contribution in [0, 0.1) is 0 Å². The molecule has 0 aliphatic carbocycles. The highest BCUT2D eigenvalue weighted by molar-refractivity contribution is 7.98. The van der Waals surface area contributed by atoms with Crippen LogP contribution in [0.3, 0.4) is 0 Å². The number of nitrogens with one attached hydrogen (secondary N) is 2. The Morgan fingerprint density at radius 3 is 2.50 bits per heavy atom. The third-order valence-electron chi connectivity index (χ3n) is 4.72. The van der Waals surface area contributed by atoms with E-state index in [1.54, 1.807) is 51.4 Å². The number of anilines is 3. The second kappa shape index (κ2) is 11.1. The number of carbonyl (C=O) groups is 1. The first-order valence-electron chi connectivity index (χ1n) is 11.3. The van der Waals surface area contributed by atoms with E-state index in [1.807, 2.05) is 6.07 Å². The van der Waals surface area contributed by atoms with Gasteiger partial charge >= 0.3 is 18.3 Å². The van der Waals surface area contributed by atoms with E-state index < -0.39 is 23.4 Å². The van der Waals surface area contributed by atoms with Crippen LogP contribution >= 0.6 is 11.8 Å². The van der Waals surface area contributed by atoms with Gasteiger partial charge in [0.25, 0.3) is 5.89 Å². The molecule has 0 radical (unpaired) electrons. The summed E-state index contributed by atoms with van der Waals surface area (Å²) in [4.78, 5) is 20.6. The molecule has 198 valence electrons. The Balaban J connectivity index is 1.42. The summed E-state index contributed by atoms with van der Waals surface area (Å²) in [5.41, 5.74) is 0.444. The first-order chi connectivity index (χ1) is 18.0. The fourth-order valence-corrected chi connectivity index (χ4v) is 4.04. The standard InChI is InChI=1S/C25H23F3N6O3S/c1-24(2,3)37-23(35)32-19-13-15(10-12-29-19)14-38-21-18(5-4-11-30-21)20-33-34-22(36-20)31-17-8-6-16(7-9-17)25(26,27)28/h4-13H,14H2,1-3H3,(H,31,34)(H,29,32,35). The molecule has 1 amide bonds. The minimum Gasteiger partial charge on any atom is -0.444 e. The Morgan fingerprint density at radius 1 is 1.03 bits per heavy atom. The number of hydrogen-bond donors (Lipinski definition) is 2. The number of benzene rings is 1. The largest absolute Gasteiger partial charge is 0.444 e. The zero-order chi connectivity index (χ0) is 27.3. The summed E-state index contributed by atoms with van der Waals surface area (Å²) in [5, 5.41) is 14.0. The van der Waals surface area contributed by atoms with Gasteiger partial charge in [0.2, 0.25) is 0 Å². The summed E-state index contributed by atoms with van der Waals surface area (Å²) >= 11 is 1.41. The quantitative estimate of drug-likeness (QED) is 0.239. The summed E-state index contributed by atoms with van der Waals surface area (Å²) in [5.74, 6) is 1.05. The Hall–Kier alpha value is -4.13. The Bertz CT molecular complexity index is 1400. The maximum Gasteiger partial charge on any atom is 0.416 e. The number of pyridine rings is 2. The number of hydrogen-bond acceptors (Lipinski definition) is 9. The predicted molar refractivity (Wildman–Crippen MR) is 136 cm³/mol. The highest BCUT2D eigenvalue weighted by Crippen LogP contribution is 2.33. The van der Waals surface area contributed by atoms with Gasteiger partial charge in [-0.2, -0.15) is 13.2 Å². The van der Waals surface area contributed by atoms with Crippen molar-refractivity contribution in [3.8, 4) is 11.5 Å². The molecule has 0 saturated heterocycles. The third-order valence-corrected chi connectivity index (χ3v) is 5.80. The van der Waals surface area contributed by atoms with Gasteiger partial charge in [0.05, 0.1) is 11.1 Å². The van der Waals surface area contributed by atoms with E-state index in [9.17, 15) is 18.0 Å². The monoisotopic (exact) mass is 544 g/mol. The Kier molecular flexibility index (Phi) is 7.86. The molecule has 4 rings (SSSR count). The average molecular weight is 545 g/mol. The second-order valence-corrected chi connectivity index (χ2v) is 9.90. The maximum absolute atomic E-state index is 12.8. The van der Waals surface area contributed by atoms with E-state index in [4.69, 9.17) is 9.15 Å². The van der Waals surface area contributed by atoms with Gasteiger partial charge in [-0.25, -0.2) is 14.8 Å². The predicted octanol–water partition coefficient (Wildman–Crippen LogP) is 6.93. The van der Waals surface area contributed by atoms with Crippen LogP contribution in [-0.4, -0.2) is 31.9 Å². The molecule has 3 heterocycles. The molecule has 9 nitrogen and oxygen atoms in total. The molecule has 0 fully saturated rings. The van der Waals surface area contributed by atoms with Crippen molar-refractivity contribution < 1.29 is 27.1 Å². The van der Waals surface area contributed by atoms with Gasteiger partial charge in [0.15, 0.2) is 0 Å². The van der Waals surface area contributed by atoms with Crippen LogP contribution < -0.4 is 10.6 Å². The molecule has 1 aromatic carbocycles. The van der Waals surface area contributed by atoms with Crippen LogP contribution in [0.4, 0.5) is 35.5 Å². The number of rotatable bonds is 7. The van der Waals surface area contributed by atoms with Gasteiger partial charge in [-0.1, -0.05) is 5.10 Å². The number of alkyl halides is 3. The molecule has 0 bridgehead atoms. The number of amides is 1. The van der Waals surface area contributed by atoms with Crippen LogP contribution in [-0.2, 0) is 16.7 Å². The van der Waals surface area contributed by atoms with Crippen molar-refractivity contribution in [1.29, 1.82) is 0 Å². The molecule has 38 heavy (non-hydrogen) atoms. The van der Waals surface area contributed by atoms with E-state index in [2.05, 4.69) is 30.8 Å². The van der Waals surface area contributed by atoms with Gasteiger partial charge in [-0.05, 0) is 74.9 Å². The van der Waals surface area contributed by atoms with E-state index in [0.29, 0.717) is 27.8 Å². The summed E-state index contributed by atoms with van der Waals surface area (Å²) in [7, 11) is 0. The van der Waals surface area contributed by atoms with Gasteiger partial charge < -0.3 is 14.5 Å². The lowest BCUT2D eigenvalue weighted by Crippen LogP contribution is -2.27. The summed E-state index contributed by atoms with van der Waals surface area (Å²) in [6, 6.07) is 11.5. The van der Waals surface area contributed by atoms with Crippen molar-refractivity contribution in [2.24, 2.45) is 0 Å². The van der Waals surface area contributed by atoms with Crippen molar-refractivity contribution in [1.82, 2.24) is 20.2 Å². The van der Waals surface area contributed by atoms with Crippen molar-refractivity contribution in [2.45, 2.75) is 43.3 Å². The zero-order valence-corrected chi connectivity index (χ0v) is 21.4. The van der Waals surface area contributed by atoms with Crippen LogP contribution in [0.15, 0.2) is 70.4 Å². The van der Waals surface area contributed by atoms with Crippen LogP contribution in [0.1, 0.15) is 31.9 Å². The average Bonchev–Trinajstić information content (AvgIpc) is 3.30. The minimum atomic E-state index is -4.42. The maximum atomic E-state index is 12.8. The highest BCUT2D eigenvalue weighted by atomic mass is 32.2. The lowest BCUT2D eigenvalue weighted by molar-refractivity contribution is -0.137. The van der Waals surface area contributed by atoms with Gasteiger partial charge in [-0.15, -0.1) is 16.9 Å². The summed E-state index contributed by atoms with van der Waals surface area (Å²) in [6.07, 6.45) is -1.80. The molecule has 2 N–H and O–H groups in total. The van der Waals surface area contributed by atoms with Crippen molar-refractivity contribution in [2.75, 3.05) is 10.6 Å². The topological polar surface area (TPSA) is 115 Å². The van der Waals surface area contributed by atoms with E-state index in [1.165, 1.54) is 23.9 Å². The number of nitrogens with zero attached hydrogens (tertiary/aromatic N) is 4. The lowest BCUT2D eigenvalue weighted by Gasteiger charge is -2.19. The molecule has 3 aromatic heterocycles. The molecule has 0 saturated carbocycles. The molecule has 0 unspecified atom stereocenters. The zero-order valence-electron chi connectivity index (χ0n) is 20.5.